The molecule has 0 N–H and O–H groups in total. The van der Waals surface area contributed by atoms with Gasteiger partial charge < -0.3 is 0 Å². The average molecular weight is 801 g/mol. The molecular formula is C54H32N4S2. The number of pyridine rings is 1. The van der Waals surface area contributed by atoms with Crippen LogP contribution in [0.5, 0.6) is 0 Å². The Bertz CT molecular complexity index is 3490. The van der Waals surface area contributed by atoms with Gasteiger partial charge in [0.25, 0.3) is 0 Å². The minimum absolute atomic E-state index is 0.609. The van der Waals surface area contributed by atoms with E-state index in [1.165, 1.54) is 45.7 Å². The summed E-state index contributed by atoms with van der Waals surface area (Å²) in [6, 6.07) is 65.1. The summed E-state index contributed by atoms with van der Waals surface area (Å²) in [5.74, 6) is 1.84. The van der Waals surface area contributed by atoms with Gasteiger partial charge in [-0.3, -0.25) is 4.98 Å². The standard InChI is InChI=1S/C54H32N4S2/c1-2-10-34-25-39(19-18-33(34)9-1)53-56-52(38-12-7-11-35(26-38)40-13-8-24-55-32-40)57-54(58-53)43-28-41(36-20-22-50-46(30-36)44-14-3-5-16-48(44)59-50)27-42(29-43)37-21-23-51-47(31-37)45-15-4-6-17-49(45)60-51/h1-32H. The zero-order valence-electron chi connectivity index (χ0n) is 32.1. The monoisotopic (exact) mass is 800 g/mol. The van der Waals surface area contributed by atoms with E-state index in [4.69, 9.17) is 15.0 Å². The van der Waals surface area contributed by atoms with Crippen molar-refractivity contribution in [3.05, 3.63) is 194 Å². The molecule has 0 saturated carbocycles. The molecule has 6 heteroatoms. The third-order valence-electron chi connectivity index (χ3n) is 11.4. The van der Waals surface area contributed by atoms with E-state index < -0.39 is 0 Å². The smallest absolute Gasteiger partial charge is 0.164 e. The lowest BCUT2D eigenvalue weighted by Crippen LogP contribution is -2.01. The van der Waals surface area contributed by atoms with Gasteiger partial charge in [-0.1, -0.05) is 109 Å². The van der Waals surface area contributed by atoms with E-state index in [9.17, 15) is 0 Å². The Morgan fingerprint density at radius 2 is 0.767 bits per heavy atom. The van der Waals surface area contributed by atoms with Crippen LogP contribution in [-0.4, -0.2) is 19.9 Å². The molecular weight excluding hydrogens is 769 g/mol. The van der Waals surface area contributed by atoms with E-state index in [0.717, 1.165) is 55.5 Å². The van der Waals surface area contributed by atoms with Crippen molar-refractivity contribution in [2.45, 2.75) is 0 Å². The summed E-state index contributed by atoms with van der Waals surface area (Å²) in [5.41, 5.74) is 9.32. The summed E-state index contributed by atoms with van der Waals surface area (Å²) in [5, 5.41) is 7.39. The molecule has 0 saturated heterocycles. The van der Waals surface area contributed by atoms with Crippen LogP contribution in [0.25, 0.3) is 119 Å². The van der Waals surface area contributed by atoms with E-state index >= 15 is 0 Å². The van der Waals surface area contributed by atoms with Crippen molar-refractivity contribution < 1.29 is 0 Å². The lowest BCUT2D eigenvalue weighted by atomic mass is 9.94. The van der Waals surface area contributed by atoms with E-state index in [1.807, 2.05) is 34.9 Å². The molecule has 12 aromatic rings. The summed E-state index contributed by atoms with van der Waals surface area (Å²) in [7, 11) is 0. The van der Waals surface area contributed by atoms with Gasteiger partial charge in [0.05, 0.1) is 0 Å². The van der Waals surface area contributed by atoms with E-state index in [1.54, 1.807) is 6.20 Å². The largest absolute Gasteiger partial charge is 0.264 e. The molecule has 280 valence electrons. The zero-order valence-corrected chi connectivity index (χ0v) is 33.7. The molecule has 12 rings (SSSR count). The lowest BCUT2D eigenvalue weighted by Gasteiger charge is -2.13. The first-order valence-electron chi connectivity index (χ1n) is 19.9. The first-order valence-corrected chi connectivity index (χ1v) is 21.6. The number of hydrogen-bond donors (Lipinski definition) is 0. The van der Waals surface area contributed by atoms with Crippen molar-refractivity contribution in [2.24, 2.45) is 0 Å². The SMILES string of the molecule is c1cncc(-c2cccc(-c3nc(-c4cc(-c5ccc6sc7ccccc7c6c5)cc(-c5ccc6sc7ccccc7c6c5)c4)nc(-c4ccc5ccccc5c4)n3)c2)c1. The second-order valence-corrected chi connectivity index (χ2v) is 17.3. The van der Waals surface area contributed by atoms with Crippen LogP contribution in [0.4, 0.5) is 0 Å². The molecule has 60 heavy (non-hydrogen) atoms. The van der Waals surface area contributed by atoms with Crippen molar-refractivity contribution in [3.8, 4) is 67.5 Å². The topological polar surface area (TPSA) is 51.6 Å². The number of rotatable bonds is 6. The van der Waals surface area contributed by atoms with Crippen LogP contribution in [0.1, 0.15) is 0 Å². The molecule has 0 aliphatic heterocycles. The minimum Gasteiger partial charge on any atom is -0.264 e. The first kappa shape index (κ1) is 34.6. The van der Waals surface area contributed by atoms with E-state index in [2.05, 4.69) is 181 Å². The fourth-order valence-corrected chi connectivity index (χ4v) is 10.5. The van der Waals surface area contributed by atoms with Gasteiger partial charge in [0.2, 0.25) is 0 Å². The Labute approximate surface area is 353 Å². The van der Waals surface area contributed by atoms with Crippen molar-refractivity contribution in [1.82, 2.24) is 19.9 Å². The van der Waals surface area contributed by atoms with Gasteiger partial charge in [-0.15, -0.1) is 22.7 Å². The maximum Gasteiger partial charge on any atom is 0.164 e. The third kappa shape index (κ3) is 6.13. The number of nitrogens with zero attached hydrogens (tertiary/aromatic N) is 4. The second kappa shape index (κ2) is 14.2. The van der Waals surface area contributed by atoms with Crippen LogP contribution < -0.4 is 0 Å². The highest BCUT2D eigenvalue weighted by atomic mass is 32.1. The summed E-state index contributed by atoms with van der Waals surface area (Å²) < 4.78 is 5.15. The van der Waals surface area contributed by atoms with Gasteiger partial charge in [-0.25, -0.2) is 15.0 Å². The molecule has 0 spiro atoms. The molecule has 4 nitrogen and oxygen atoms in total. The molecule has 0 aliphatic carbocycles. The Balaban J connectivity index is 1.09. The molecule has 0 fully saturated rings. The Morgan fingerprint density at radius 1 is 0.283 bits per heavy atom. The Kier molecular flexibility index (Phi) is 8.18. The number of hydrogen-bond acceptors (Lipinski definition) is 6. The molecule has 0 unspecified atom stereocenters. The normalized spacial score (nSPS) is 11.7. The summed E-state index contributed by atoms with van der Waals surface area (Å²) in [6.07, 6.45) is 3.68. The quantitative estimate of drug-likeness (QED) is 0.168. The highest BCUT2D eigenvalue weighted by molar-refractivity contribution is 7.26. The summed E-state index contributed by atoms with van der Waals surface area (Å²) in [4.78, 5) is 20.1. The average Bonchev–Trinajstić information content (AvgIpc) is 3.89. The van der Waals surface area contributed by atoms with Gasteiger partial charge in [0.1, 0.15) is 0 Å². The maximum atomic E-state index is 5.30. The van der Waals surface area contributed by atoms with Crippen molar-refractivity contribution in [1.29, 1.82) is 0 Å². The molecule has 0 atom stereocenters. The molecule has 0 bridgehead atoms. The molecule has 0 aliphatic rings. The highest BCUT2D eigenvalue weighted by Crippen LogP contribution is 2.41. The summed E-state index contributed by atoms with van der Waals surface area (Å²) in [6.45, 7) is 0. The predicted molar refractivity (Wildman–Crippen MR) is 254 cm³/mol. The van der Waals surface area contributed by atoms with Gasteiger partial charge in [0.15, 0.2) is 17.5 Å². The zero-order chi connectivity index (χ0) is 39.6. The van der Waals surface area contributed by atoms with Gasteiger partial charge >= 0.3 is 0 Å². The first-order chi connectivity index (χ1) is 29.7. The molecule has 0 radical (unpaired) electrons. The van der Waals surface area contributed by atoms with Crippen LogP contribution in [0.3, 0.4) is 0 Å². The van der Waals surface area contributed by atoms with Crippen LogP contribution >= 0.6 is 22.7 Å². The fourth-order valence-electron chi connectivity index (χ4n) is 8.36. The van der Waals surface area contributed by atoms with E-state index in [0.29, 0.717) is 17.5 Å². The van der Waals surface area contributed by atoms with Crippen LogP contribution in [0.15, 0.2) is 194 Å². The Morgan fingerprint density at radius 3 is 1.42 bits per heavy atom. The molecule has 4 heterocycles. The number of fused-ring (bicyclic) bond motifs is 7. The fraction of sp³-hybridized carbons (Fsp3) is 0. The number of aromatic nitrogens is 4. The van der Waals surface area contributed by atoms with Crippen LogP contribution in [0, 0.1) is 0 Å². The van der Waals surface area contributed by atoms with Gasteiger partial charge in [0, 0.05) is 75.0 Å². The van der Waals surface area contributed by atoms with Crippen LogP contribution in [0.2, 0.25) is 0 Å². The lowest BCUT2D eigenvalue weighted by molar-refractivity contribution is 1.07. The minimum atomic E-state index is 0.609. The van der Waals surface area contributed by atoms with Gasteiger partial charge in [-0.2, -0.15) is 0 Å². The Hall–Kier alpha value is -7.38. The number of benzene rings is 8. The van der Waals surface area contributed by atoms with Gasteiger partial charge in [-0.05, 0) is 111 Å². The maximum absolute atomic E-state index is 5.30. The molecule has 4 aromatic heterocycles. The molecule has 0 amide bonds. The third-order valence-corrected chi connectivity index (χ3v) is 13.7. The molecule has 8 aromatic carbocycles. The predicted octanol–water partition coefficient (Wildman–Crippen LogP) is 15.2. The summed E-state index contributed by atoms with van der Waals surface area (Å²) >= 11 is 3.68. The van der Waals surface area contributed by atoms with Crippen molar-refractivity contribution in [2.75, 3.05) is 0 Å². The number of thiophene rings is 2. The van der Waals surface area contributed by atoms with E-state index in [-0.39, 0.29) is 0 Å². The van der Waals surface area contributed by atoms with Crippen molar-refractivity contribution >= 4 is 73.8 Å². The van der Waals surface area contributed by atoms with Crippen molar-refractivity contribution in [3.63, 3.8) is 0 Å². The second-order valence-electron chi connectivity index (χ2n) is 15.1. The van der Waals surface area contributed by atoms with Crippen LogP contribution in [-0.2, 0) is 0 Å². The highest BCUT2D eigenvalue weighted by Gasteiger charge is 2.17.